The van der Waals surface area contributed by atoms with Gasteiger partial charge in [-0.25, -0.2) is 0 Å². The number of aliphatic imine (C=N–C) groups is 1. The van der Waals surface area contributed by atoms with Gasteiger partial charge >= 0.3 is 0 Å². The molecule has 1 saturated carbocycles. The lowest BCUT2D eigenvalue weighted by Crippen LogP contribution is -2.23. The van der Waals surface area contributed by atoms with Gasteiger partial charge in [0, 0.05) is 12.2 Å². The van der Waals surface area contributed by atoms with Crippen molar-refractivity contribution in [3.63, 3.8) is 0 Å². The minimum absolute atomic E-state index is 0.420. The lowest BCUT2D eigenvalue weighted by molar-refractivity contribution is 0.590. The van der Waals surface area contributed by atoms with Gasteiger partial charge in [0.05, 0.1) is 0 Å². The van der Waals surface area contributed by atoms with Crippen LogP contribution in [0.1, 0.15) is 19.8 Å². The van der Waals surface area contributed by atoms with Crippen molar-refractivity contribution in [2.24, 2.45) is 16.1 Å². The molecular weight excluding hydrogens is 186 g/mol. The van der Waals surface area contributed by atoms with Crippen LogP contribution in [0.25, 0.3) is 0 Å². The normalized spacial score (nSPS) is 18.6. The number of anilines is 1. The van der Waals surface area contributed by atoms with Crippen molar-refractivity contribution in [3.8, 4) is 0 Å². The summed E-state index contributed by atoms with van der Waals surface area (Å²) in [4.78, 5) is 4.34. The maximum Gasteiger partial charge on any atom is 0.193 e. The van der Waals surface area contributed by atoms with Gasteiger partial charge in [-0.05, 0) is 30.4 Å². The van der Waals surface area contributed by atoms with Gasteiger partial charge in [0.1, 0.15) is 0 Å². The van der Waals surface area contributed by atoms with Gasteiger partial charge < -0.3 is 11.1 Å². The first kappa shape index (κ1) is 10.0. The molecule has 1 aliphatic carbocycles. The van der Waals surface area contributed by atoms with E-state index in [4.69, 9.17) is 5.73 Å². The molecule has 0 amide bonds. The van der Waals surface area contributed by atoms with E-state index in [9.17, 15) is 0 Å². The van der Waals surface area contributed by atoms with Crippen LogP contribution < -0.4 is 11.1 Å². The second-order valence-electron chi connectivity index (χ2n) is 4.50. The Bertz CT molecular complexity index is 352. The second-order valence-corrected chi connectivity index (χ2v) is 4.50. The first-order valence-electron chi connectivity index (χ1n) is 5.30. The van der Waals surface area contributed by atoms with E-state index >= 15 is 0 Å². The van der Waals surface area contributed by atoms with E-state index in [1.54, 1.807) is 0 Å². The van der Waals surface area contributed by atoms with Gasteiger partial charge in [-0.1, -0.05) is 25.1 Å². The molecule has 0 spiro atoms. The largest absolute Gasteiger partial charge is 0.370 e. The molecule has 1 fully saturated rings. The molecule has 15 heavy (non-hydrogen) atoms. The predicted molar refractivity (Wildman–Crippen MR) is 63.9 cm³/mol. The molecule has 80 valence electrons. The third kappa shape index (κ3) is 2.98. The zero-order chi connectivity index (χ0) is 10.7. The Morgan fingerprint density at radius 3 is 2.67 bits per heavy atom. The summed E-state index contributed by atoms with van der Waals surface area (Å²) in [7, 11) is 0. The highest BCUT2D eigenvalue weighted by Gasteiger charge is 2.36. The van der Waals surface area contributed by atoms with Gasteiger partial charge in [0.25, 0.3) is 0 Å². The molecule has 0 unspecified atom stereocenters. The second kappa shape index (κ2) is 3.93. The molecule has 0 aliphatic heterocycles. The minimum atomic E-state index is 0.420. The molecular formula is C12H17N3. The van der Waals surface area contributed by atoms with Crippen molar-refractivity contribution in [1.29, 1.82) is 0 Å². The van der Waals surface area contributed by atoms with E-state index in [1.165, 1.54) is 12.8 Å². The number of benzene rings is 1. The SMILES string of the molecule is CC1(CN=C(N)Nc2ccccc2)CC1. The van der Waals surface area contributed by atoms with Gasteiger partial charge in [0.15, 0.2) is 5.96 Å². The summed E-state index contributed by atoms with van der Waals surface area (Å²) < 4.78 is 0. The maximum absolute atomic E-state index is 5.78. The van der Waals surface area contributed by atoms with E-state index < -0.39 is 0 Å². The van der Waals surface area contributed by atoms with Crippen LogP contribution in [0.4, 0.5) is 5.69 Å². The van der Waals surface area contributed by atoms with Crippen molar-refractivity contribution < 1.29 is 0 Å². The van der Waals surface area contributed by atoms with Gasteiger partial charge in [0.2, 0.25) is 0 Å². The summed E-state index contributed by atoms with van der Waals surface area (Å²) >= 11 is 0. The molecule has 0 heterocycles. The molecule has 1 aromatic carbocycles. The molecule has 1 aromatic rings. The Balaban J connectivity index is 1.89. The van der Waals surface area contributed by atoms with E-state index in [1.807, 2.05) is 30.3 Å². The van der Waals surface area contributed by atoms with Crippen LogP contribution in [0.2, 0.25) is 0 Å². The highest BCUT2D eigenvalue weighted by molar-refractivity contribution is 5.92. The Labute approximate surface area is 90.4 Å². The van der Waals surface area contributed by atoms with Crippen molar-refractivity contribution in [3.05, 3.63) is 30.3 Å². The lowest BCUT2D eigenvalue weighted by atomic mass is 10.1. The third-order valence-corrected chi connectivity index (χ3v) is 2.78. The minimum Gasteiger partial charge on any atom is -0.370 e. The average Bonchev–Trinajstić information content (AvgIpc) is 2.96. The molecule has 0 atom stereocenters. The number of nitrogens with two attached hydrogens (primary N) is 1. The van der Waals surface area contributed by atoms with Crippen LogP contribution in [0.3, 0.4) is 0 Å². The highest BCUT2D eigenvalue weighted by Crippen LogP contribution is 2.44. The Morgan fingerprint density at radius 2 is 2.07 bits per heavy atom. The van der Waals surface area contributed by atoms with Gasteiger partial charge in [-0.15, -0.1) is 0 Å². The third-order valence-electron chi connectivity index (χ3n) is 2.78. The van der Waals surface area contributed by atoms with Crippen LogP contribution >= 0.6 is 0 Å². The standard InChI is InChI=1S/C12H17N3/c1-12(7-8-12)9-14-11(13)15-10-5-3-2-4-6-10/h2-6H,7-9H2,1H3,(H3,13,14,15). The summed E-state index contributed by atoms with van der Waals surface area (Å²) in [6.45, 7) is 3.07. The zero-order valence-electron chi connectivity index (χ0n) is 9.03. The van der Waals surface area contributed by atoms with E-state index in [0.717, 1.165) is 12.2 Å². The number of para-hydroxylation sites is 1. The Hall–Kier alpha value is -1.51. The van der Waals surface area contributed by atoms with E-state index in [0.29, 0.717) is 11.4 Å². The fourth-order valence-electron chi connectivity index (χ4n) is 1.36. The first-order chi connectivity index (χ1) is 7.18. The number of nitrogens with one attached hydrogen (secondary N) is 1. The summed E-state index contributed by atoms with van der Waals surface area (Å²) in [6, 6.07) is 9.86. The summed E-state index contributed by atoms with van der Waals surface area (Å²) in [5.74, 6) is 0.509. The Kier molecular flexibility index (Phi) is 2.62. The monoisotopic (exact) mass is 203 g/mol. The van der Waals surface area contributed by atoms with Crippen molar-refractivity contribution in [2.45, 2.75) is 19.8 Å². The summed E-state index contributed by atoms with van der Waals surface area (Å²) in [6.07, 6.45) is 2.55. The first-order valence-corrected chi connectivity index (χ1v) is 5.30. The van der Waals surface area contributed by atoms with Gasteiger partial charge in [-0.2, -0.15) is 0 Å². The van der Waals surface area contributed by atoms with Crippen LogP contribution in [0.15, 0.2) is 35.3 Å². The summed E-state index contributed by atoms with van der Waals surface area (Å²) in [5, 5.41) is 3.07. The average molecular weight is 203 g/mol. The van der Waals surface area contributed by atoms with Crippen LogP contribution in [-0.2, 0) is 0 Å². The molecule has 1 aliphatic rings. The van der Waals surface area contributed by atoms with E-state index in [2.05, 4.69) is 17.2 Å². The number of hydrogen-bond donors (Lipinski definition) is 2. The number of hydrogen-bond acceptors (Lipinski definition) is 1. The van der Waals surface area contributed by atoms with Crippen LogP contribution in [-0.4, -0.2) is 12.5 Å². The summed E-state index contributed by atoms with van der Waals surface area (Å²) in [5.41, 5.74) is 7.19. The molecule has 2 rings (SSSR count). The molecule has 3 N–H and O–H groups in total. The van der Waals surface area contributed by atoms with Gasteiger partial charge in [-0.3, -0.25) is 4.99 Å². The molecule has 0 radical (unpaired) electrons. The number of rotatable bonds is 3. The fourth-order valence-corrected chi connectivity index (χ4v) is 1.36. The molecule has 0 bridgehead atoms. The van der Waals surface area contributed by atoms with Crippen LogP contribution in [0, 0.1) is 5.41 Å². The number of guanidine groups is 1. The highest BCUT2D eigenvalue weighted by atomic mass is 15.1. The molecule has 0 aromatic heterocycles. The van der Waals surface area contributed by atoms with Crippen molar-refractivity contribution in [1.82, 2.24) is 0 Å². The van der Waals surface area contributed by atoms with Crippen LogP contribution in [0.5, 0.6) is 0 Å². The number of nitrogens with zero attached hydrogens (tertiary/aromatic N) is 1. The van der Waals surface area contributed by atoms with E-state index in [-0.39, 0.29) is 0 Å². The van der Waals surface area contributed by atoms with Crippen molar-refractivity contribution in [2.75, 3.05) is 11.9 Å². The smallest absolute Gasteiger partial charge is 0.193 e. The molecule has 0 saturated heterocycles. The quantitative estimate of drug-likeness (QED) is 0.584. The molecule has 3 nitrogen and oxygen atoms in total. The van der Waals surface area contributed by atoms with Crippen molar-refractivity contribution >= 4 is 11.6 Å². The molecule has 3 heteroatoms. The zero-order valence-corrected chi connectivity index (χ0v) is 9.03. The lowest BCUT2D eigenvalue weighted by Gasteiger charge is -2.07. The Morgan fingerprint density at radius 1 is 1.40 bits per heavy atom. The fraction of sp³-hybridized carbons (Fsp3) is 0.417. The topological polar surface area (TPSA) is 50.4 Å². The maximum atomic E-state index is 5.78. The predicted octanol–water partition coefficient (Wildman–Crippen LogP) is 2.21.